The molecule has 15 heteroatoms. The third-order valence-corrected chi connectivity index (χ3v) is 4.25. The van der Waals surface area contributed by atoms with Crippen molar-refractivity contribution in [3.05, 3.63) is 29.8 Å². The van der Waals surface area contributed by atoms with Gasteiger partial charge in [0.05, 0.1) is 7.11 Å². The minimum atomic E-state index is -5.62. The van der Waals surface area contributed by atoms with E-state index in [1.165, 1.54) is 0 Å². The number of carbonyl (C=O) groups is 3. The topological polar surface area (TPSA) is 72.9 Å². The Bertz CT molecular complexity index is 817. The molecule has 1 aromatic rings. The second-order valence-electron chi connectivity index (χ2n) is 6.48. The van der Waals surface area contributed by atoms with Gasteiger partial charge in [-0.15, -0.1) is 0 Å². The molecule has 0 atom stereocenters. The van der Waals surface area contributed by atoms with Crippen LogP contribution in [0.5, 0.6) is 5.75 Å². The number of halogens is 9. The molecule has 1 aromatic carbocycles. The lowest BCUT2D eigenvalue weighted by Gasteiger charge is -2.33. The highest BCUT2D eigenvalue weighted by atomic mass is 19.4. The predicted octanol–water partition coefficient (Wildman–Crippen LogP) is 4.14. The summed E-state index contributed by atoms with van der Waals surface area (Å²) in [5.41, 5.74) is 0.995. The number of alkyl halides is 9. The average molecular weight is 497 g/mol. The molecule has 6 nitrogen and oxygen atoms in total. The fourth-order valence-electron chi connectivity index (χ4n) is 2.78. The molecule has 1 heterocycles. The Morgan fingerprint density at radius 1 is 0.818 bits per heavy atom. The van der Waals surface area contributed by atoms with Crippen LogP contribution in [0, 0.1) is 0 Å². The van der Waals surface area contributed by atoms with E-state index in [1.807, 2.05) is 24.3 Å². The third kappa shape index (κ3) is 8.46. The summed E-state index contributed by atoms with van der Waals surface area (Å²) in [6.07, 6.45) is -15.0. The first kappa shape index (κ1) is 28.0. The van der Waals surface area contributed by atoms with E-state index in [2.05, 4.69) is 4.74 Å². The molecule has 2 rings (SSSR count). The van der Waals surface area contributed by atoms with Gasteiger partial charge in [0.25, 0.3) is 0 Å². The number of likely N-dealkylation sites (tertiary alicyclic amines) is 1. The zero-order chi connectivity index (χ0) is 25.6. The van der Waals surface area contributed by atoms with Crippen LogP contribution < -0.4 is 4.74 Å². The maximum absolute atomic E-state index is 12.4. The number of methoxy groups -OCH3 is 1. The minimum Gasteiger partial charge on any atom is -0.496 e. The Balaban J connectivity index is 0.000000366. The Hall–Kier alpha value is -3.00. The van der Waals surface area contributed by atoms with Gasteiger partial charge >= 0.3 is 36.4 Å². The van der Waals surface area contributed by atoms with E-state index in [9.17, 15) is 53.9 Å². The molecular weight excluding hydrogens is 481 g/mol. The van der Waals surface area contributed by atoms with E-state index in [4.69, 9.17) is 4.74 Å². The molecule has 0 unspecified atom stereocenters. The van der Waals surface area contributed by atoms with Crippen LogP contribution in [-0.2, 0) is 19.1 Å². The fraction of sp³-hybridized carbons (Fsp3) is 0.500. The van der Waals surface area contributed by atoms with E-state index in [-0.39, 0.29) is 19.0 Å². The number of carbonyl (C=O) groups excluding carboxylic acids is 3. The van der Waals surface area contributed by atoms with Crippen molar-refractivity contribution >= 4 is 17.8 Å². The molecule has 33 heavy (non-hydrogen) atoms. The molecule has 1 saturated heterocycles. The number of piperidine rings is 1. The number of esters is 2. The van der Waals surface area contributed by atoms with Crippen molar-refractivity contribution < 1.29 is 63.4 Å². The molecule has 1 aliphatic heterocycles. The van der Waals surface area contributed by atoms with Gasteiger partial charge in [-0.05, 0) is 30.4 Å². The normalized spacial score (nSPS) is 15.3. The monoisotopic (exact) mass is 497 g/mol. The summed E-state index contributed by atoms with van der Waals surface area (Å²) in [6, 6.07) is 7.49. The summed E-state index contributed by atoms with van der Waals surface area (Å²) in [6.45, 7) is 0.252. The van der Waals surface area contributed by atoms with Crippen LogP contribution in [0.1, 0.15) is 24.3 Å². The quantitative estimate of drug-likeness (QED) is 0.349. The standard InChI is InChI=1S/C14H16F3NO2.C4F6O3/c1-20-12-5-3-2-4-11(12)10-6-8-18(9-7-10)13(19)14(15,16)17;5-3(6,7)1(11)13-2(12)4(8,9)10/h2-5,10H,6-9H2,1H3;. The molecule has 1 amide bonds. The zero-order valence-corrected chi connectivity index (χ0v) is 16.6. The summed E-state index contributed by atoms with van der Waals surface area (Å²) in [4.78, 5) is 31.4. The smallest absolute Gasteiger partial charge is 0.491 e. The van der Waals surface area contributed by atoms with Crippen molar-refractivity contribution in [3.8, 4) is 5.75 Å². The van der Waals surface area contributed by atoms with Gasteiger partial charge in [-0.1, -0.05) is 18.2 Å². The number of para-hydroxylation sites is 1. The highest BCUT2D eigenvalue weighted by Gasteiger charge is 2.49. The number of nitrogens with zero attached hydrogens (tertiary/aromatic N) is 1. The second-order valence-corrected chi connectivity index (χ2v) is 6.48. The number of benzene rings is 1. The first-order valence-electron chi connectivity index (χ1n) is 8.87. The van der Waals surface area contributed by atoms with Crippen LogP contribution in [0.4, 0.5) is 39.5 Å². The Labute approximate surface area is 180 Å². The lowest BCUT2D eigenvalue weighted by Crippen LogP contribution is -2.45. The molecule has 0 radical (unpaired) electrons. The molecule has 1 fully saturated rings. The highest BCUT2D eigenvalue weighted by Crippen LogP contribution is 2.35. The summed E-state index contributed by atoms with van der Waals surface area (Å²) in [5.74, 6) is -7.27. The lowest BCUT2D eigenvalue weighted by molar-refractivity contribution is -0.221. The van der Waals surface area contributed by atoms with Crippen LogP contribution >= 0.6 is 0 Å². The lowest BCUT2D eigenvalue weighted by atomic mass is 9.89. The van der Waals surface area contributed by atoms with Gasteiger partial charge in [0.1, 0.15) is 5.75 Å². The van der Waals surface area contributed by atoms with Crippen LogP contribution in [0.3, 0.4) is 0 Å². The van der Waals surface area contributed by atoms with Gasteiger partial charge in [-0.2, -0.15) is 39.5 Å². The molecular formula is C18H16F9NO5. The first-order valence-corrected chi connectivity index (χ1v) is 8.87. The van der Waals surface area contributed by atoms with E-state index < -0.39 is 36.4 Å². The van der Waals surface area contributed by atoms with Crippen LogP contribution in [0.15, 0.2) is 24.3 Å². The Morgan fingerprint density at radius 2 is 1.27 bits per heavy atom. The van der Waals surface area contributed by atoms with Gasteiger partial charge in [0.2, 0.25) is 0 Å². The van der Waals surface area contributed by atoms with Gasteiger partial charge in [0, 0.05) is 13.1 Å². The fourth-order valence-corrected chi connectivity index (χ4v) is 2.78. The summed E-state index contributed by atoms with van der Waals surface area (Å²) in [7, 11) is 1.57. The molecule has 1 aliphatic rings. The molecule has 0 spiro atoms. The van der Waals surface area contributed by atoms with Crippen molar-refractivity contribution in [1.82, 2.24) is 4.90 Å². The minimum absolute atomic E-state index is 0.126. The van der Waals surface area contributed by atoms with Crippen molar-refractivity contribution in [2.45, 2.75) is 37.3 Å². The SMILES string of the molecule is COc1ccccc1C1CCN(C(=O)C(F)(F)F)CC1.O=C(OC(=O)C(F)(F)F)C(F)(F)F. The van der Waals surface area contributed by atoms with Crippen LogP contribution in [-0.4, -0.2) is 61.5 Å². The Kier molecular flexibility index (Phi) is 9.13. The molecule has 0 saturated carbocycles. The second kappa shape index (κ2) is 10.7. The molecule has 186 valence electrons. The predicted molar refractivity (Wildman–Crippen MR) is 90.8 cm³/mol. The largest absolute Gasteiger partial charge is 0.496 e. The summed E-state index contributed by atoms with van der Waals surface area (Å²) >= 11 is 0. The maximum Gasteiger partial charge on any atom is 0.491 e. The molecule has 0 aromatic heterocycles. The number of hydrogen-bond acceptors (Lipinski definition) is 5. The van der Waals surface area contributed by atoms with E-state index in [0.29, 0.717) is 12.8 Å². The molecule has 0 N–H and O–H groups in total. The van der Waals surface area contributed by atoms with Crippen molar-refractivity contribution in [3.63, 3.8) is 0 Å². The van der Waals surface area contributed by atoms with Crippen molar-refractivity contribution in [2.75, 3.05) is 20.2 Å². The van der Waals surface area contributed by atoms with Crippen molar-refractivity contribution in [1.29, 1.82) is 0 Å². The van der Waals surface area contributed by atoms with E-state index in [1.54, 1.807) is 7.11 Å². The van der Waals surface area contributed by atoms with Gasteiger partial charge in [-0.3, -0.25) is 4.79 Å². The van der Waals surface area contributed by atoms with E-state index >= 15 is 0 Å². The first-order chi connectivity index (χ1) is 15.0. The van der Waals surface area contributed by atoms with Crippen LogP contribution in [0.25, 0.3) is 0 Å². The number of ether oxygens (including phenoxy) is 2. The van der Waals surface area contributed by atoms with Gasteiger partial charge in [-0.25, -0.2) is 9.59 Å². The molecule has 0 bridgehead atoms. The zero-order valence-electron chi connectivity index (χ0n) is 16.6. The van der Waals surface area contributed by atoms with Gasteiger partial charge in [0.15, 0.2) is 0 Å². The van der Waals surface area contributed by atoms with Crippen LogP contribution in [0.2, 0.25) is 0 Å². The third-order valence-electron chi connectivity index (χ3n) is 4.25. The number of amides is 1. The van der Waals surface area contributed by atoms with E-state index in [0.717, 1.165) is 16.2 Å². The summed E-state index contributed by atoms with van der Waals surface area (Å²) < 4.78 is 112. The molecule has 0 aliphatic carbocycles. The number of rotatable bonds is 2. The maximum atomic E-state index is 12.4. The van der Waals surface area contributed by atoms with Crippen molar-refractivity contribution in [2.24, 2.45) is 0 Å². The highest BCUT2D eigenvalue weighted by molar-refractivity contribution is 5.90. The summed E-state index contributed by atoms with van der Waals surface area (Å²) in [5, 5.41) is 0. The Morgan fingerprint density at radius 3 is 1.67 bits per heavy atom. The van der Waals surface area contributed by atoms with Gasteiger partial charge < -0.3 is 14.4 Å². The average Bonchev–Trinajstić information content (AvgIpc) is 2.71. The number of hydrogen-bond donors (Lipinski definition) is 0.